The Morgan fingerprint density at radius 2 is 0.811 bits per heavy atom. The largest absolute Gasteiger partial charge is 0.490 e. The number of aliphatic hydroxyl groups excluding tert-OH is 2. The fourth-order valence-electron chi connectivity index (χ4n) is 11.6. The van der Waals surface area contributed by atoms with Crippen LogP contribution < -0.4 is 42.5 Å². The van der Waals surface area contributed by atoms with E-state index in [9.17, 15) is 74.9 Å². The Hall–Kier alpha value is -7.44. The van der Waals surface area contributed by atoms with Crippen LogP contribution in [0.3, 0.4) is 0 Å². The molecule has 0 unspecified atom stereocenters. The number of fused-ring (bicyclic) bond motifs is 2. The molecule has 6 rings (SSSR count). The van der Waals surface area contributed by atoms with Crippen LogP contribution in [-0.4, -0.2) is 191 Å². The number of unbranched alkanes of at least 4 members (excludes halogenated alkanes) is 5. The summed E-state index contributed by atoms with van der Waals surface area (Å²) in [5.74, 6) is -9.65. The molecule has 2 aromatic carbocycles. The number of alkyl halides is 6. The van der Waals surface area contributed by atoms with Crippen LogP contribution in [0, 0.1) is 11.8 Å². The third-order valence-corrected chi connectivity index (χ3v) is 16.6. The van der Waals surface area contributed by atoms with Gasteiger partial charge in [0.2, 0.25) is 47.3 Å². The average molecular weight is 1290 g/mol. The van der Waals surface area contributed by atoms with Gasteiger partial charge in [-0.25, -0.2) is 9.59 Å². The van der Waals surface area contributed by atoms with Crippen LogP contribution in [0.25, 0.3) is 0 Å². The Bertz CT molecular complexity index is 2510. The predicted octanol–water partition coefficient (Wildman–Crippen LogP) is 3.03. The highest BCUT2D eigenvalue weighted by molar-refractivity contribution is 5.97. The second-order valence-electron chi connectivity index (χ2n) is 22.5. The molecule has 12 atom stereocenters. The van der Waals surface area contributed by atoms with Gasteiger partial charge in [0.15, 0.2) is 0 Å². The number of hydrogen-bond acceptors (Lipinski definition) is 14. The zero-order valence-electron chi connectivity index (χ0n) is 50.9. The van der Waals surface area contributed by atoms with Crippen molar-refractivity contribution in [2.24, 2.45) is 11.8 Å². The van der Waals surface area contributed by atoms with Crippen molar-refractivity contribution in [2.45, 2.75) is 189 Å². The van der Waals surface area contributed by atoms with Crippen LogP contribution in [-0.2, 0) is 47.9 Å². The fraction of sp³-hybridized carbons (Fsp3) is 0.633. The molecule has 0 bridgehead atoms. The molecule has 0 aliphatic carbocycles. The van der Waals surface area contributed by atoms with Crippen molar-refractivity contribution >= 4 is 59.2 Å². The van der Waals surface area contributed by atoms with Gasteiger partial charge in [-0.05, 0) is 102 Å². The van der Waals surface area contributed by atoms with E-state index in [-0.39, 0.29) is 48.9 Å². The van der Waals surface area contributed by atoms with Crippen molar-refractivity contribution in [3.05, 3.63) is 71.8 Å². The molecule has 8 amide bonds. The van der Waals surface area contributed by atoms with Crippen LogP contribution in [0.5, 0.6) is 0 Å². The minimum absolute atomic E-state index is 0.233. The first-order valence-corrected chi connectivity index (χ1v) is 30.4. The van der Waals surface area contributed by atoms with Gasteiger partial charge in [-0.15, -0.1) is 0 Å². The fourth-order valence-corrected chi connectivity index (χ4v) is 11.6. The first-order chi connectivity index (χ1) is 42.7. The van der Waals surface area contributed by atoms with Crippen LogP contribution in [0.4, 0.5) is 26.3 Å². The van der Waals surface area contributed by atoms with Crippen LogP contribution in [0.2, 0.25) is 0 Å². The number of halogens is 6. The Balaban J connectivity index is 0.00000110. The molecular formula is C60H86F6N10O14. The van der Waals surface area contributed by atoms with E-state index in [2.05, 4.69) is 42.5 Å². The van der Waals surface area contributed by atoms with Crippen molar-refractivity contribution in [3.63, 3.8) is 0 Å². The van der Waals surface area contributed by atoms with Crippen LogP contribution >= 0.6 is 0 Å². The summed E-state index contributed by atoms with van der Waals surface area (Å²) >= 11 is 0. The number of carbonyl (C=O) groups excluding carboxylic acids is 8. The molecule has 4 aliphatic rings. The minimum atomic E-state index is -5.08. The van der Waals surface area contributed by atoms with Gasteiger partial charge in [-0.2, -0.15) is 26.3 Å². The van der Waals surface area contributed by atoms with Gasteiger partial charge in [0.1, 0.15) is 36.3 Å². The molecule has 502 valence electrons. The highest BCUT2D eigenvalue weighted by Gasteiger charge is 2.50. The Labute approximate surface area is 518 Å². The molecule has 4 fully saturated rings. The molecule has 4 heterocycles. The topological polar surface area (TPSA) is 354 Å². The van der Waals surface area contributed by atoms with Gasteiger partial charge < -0.3 is 72.8 Å². The number of likely N-dealkylation sites (N-methyl/N-ethyl adjacent to an activating group) is 2. The van der Waals surface area contributed by atoms with Crippen molar-refractivity contribution in [2.75, 3.05) is 40.4 Å². The number of nitrogens with one attached hydrogen (secondary N) is 8. The lowest BCUT2D eigenvalue weighted by Crippen LogP contribution is -2.59. The maximum Gasteiger partial charge on any atom is 0.490 e. The highest BCUT2D eigenvalue weighted by Crippen LogP contribution is 2.36. The first-order valence-electron chi connectivity index (χ1n) is 30.4. The number of rotatable bonds is 27. The molecular weight excluding hydrogens is 1200 g/mol. The van der Waals surface area contributed by atoms with Crippen molar-refractivity contribution in [1.29, 1.82) is 0 Å². The number of carboxylic acids is 2. The molecule has 30 heteroatoms. The SMILES string of the molecule is CC[C@H](NC)C(=O)N[C@@H]1C(=O)N2[C@@H](CC[C@@H]1CO)CC[C@H]2C(=O)N[C@H](C(=O)NCCCCCCCCNC(=O)[C@@H](NC(=O)[C@@H]1CC[C@@H]2CC[C@H](CO)[C@H](NC(=O)[C@H](CC)NC)C(=O)N21)c1ccccc1)c1ccccc1.O=C(O)C(F)(F)F.O=C(O)C(F)(F)F. The summed E-state index contributed by atoms with van der Waals surface area (Å²) in [6.45, 7) is 3.92. The molecule has 0 radical (unpaired) electrons. The average Bonchev–Trinajstić information content (AvgIpc) is 1.66. The van der Waals surface area contributed by atoms with Crippen molar-refractivity contribution in [1.82, 2.24) is 52.3 Å². The van der Waals surface area contributed by atoms with Gasteiger partial charge in [0.25, 0.3) is 0 Å². The standard InChI is InChI=1S/C56H84N10O10.2C2HF3O2/c1-5-41(57-3)49(69)63-47-37(33-67)23-25-39-27-29-43(65(39)55(47)75)51(71)61-45(35-19-13-11-14-20-35)53(73)59-31-17-9-7-8-10-18-32-60-54(74)46(36-21-15-12-16-22-36)62-52(72)44-30-28-40-26-24-38(34-68)48(56(76)66(40)44)64-50(70)42(6-2)58-4;2*3-2(4,5)1(6)7/h11-16,19-22,37-48,57-58,67-68H,5-10,17-18,23-34H2,1-4H3,(H,59,73)(H,60,74)(H,61,71)(H,62,72)(H,63,69)(H,64,70);2*(H,6,7)/t37-,38-,39+,40+,41+,42+,43+,44+,45+,46+,47+,48+;;/m1../s1. The van der Waals surface area contributed by atoms with Crippen molar-refractivity contribution < 1.29 is 94.7 Å². The molecule has 4 aliphatic heterocycles. The quantitative estimate of drug-likeness (QED) is 0.0452. The number of carboxylic acid groups (broad SMARTS) is 2. The second-order valence-corrected chi connectivity index (χ2v) is 22.5. The van der Waals surface area contributed by atoms with E-state index in [0.29, 0.717) is 101 Å². The zero-order valence-corrected chi connectivity index (χ0v) is 50.9. The third kappa shape index (κ3) is 21.6. The number of aliphatic carboxylic acids is 2. The minimum Gasteiger partial charge on any atom is -0.475 e. The van der Waals surface area contributed by atoms with E-state index >= 15 is 0 Å². The first kappa shape index (κ1) is 75.0. The van der Waals surface area contributed by atoms with E-state index in [4.69, 9.17) is 19.8 Å². The second kappa shape index (κ2) is 36.4. The summed E-state index contributed by atoms with van der Waals surface area (Å²) in [5.41, 5.74) is 1.19. The van der Waals surface area contributed by atoms with Crippen molar-refractivity contribution in [3.8, 4) is 0 Å². The maximum absolute atomic E-state index is 14.2. The van der Waals surface area contributed by atoms with E-state index < -0.39 is 108 Å². The van der Waals surface area contributed by atoms with Gasteiger partial charge in [0.05, 0.1) is 12.1 Å². The number of nitrogens with zero attached hydrogens (tertiary/aromatic N) is 2. The number of benzene rings is 2. The molecule has 2 aromatic rings. The summed E-state index contributed by atoms with van der Waals surface area (Å²) in [7, 11) is 3.34. The van der Waals surface area contributed by atoms with Gasteiger partial charge in [0, 0.05) is 50.2 Å². The molecule has 0 aromatic heterocycles. The summed E-state index contributed by atoms with van der Waals surface area (Å²) in [4.78, 5) is 131. The van der Waals surface area contributed by atoms with E-state index in [1.54, 1.807) is 72.4 Å². The summed E-state index contributed by atoms with van der Waals surface area (Å²) in [6.07, 6.45) is -0.139. The third-order valence-electron chi connectivity index (χ3n) is 16.6. The molecule has 24 nitrogen and oxygen atoms in total. The maximum atomic E-state index is 14.2. The van der Waals surface area contributed by atoms with Gasteiger partial charge in [-0.1, -0.05) is 100 Å². The van der Waals surface area contributed by atoms with Gasteiger partial charge >= 0.3 is 24.3 Å². The van der Waals surface area contributed by atoms with E-state index in [0.717, 1.165) is 25.7 Å². The monoisotopic (exact) mass is 1280 g/mol. The Kier molecular flexibility index (Phi) is 30.4. The zero-order chi connectivity index (χ0) is 66.9. The molecule has 0 spiro atoms. The lowest BCUT2D eigenvalue weighted by Gasteiger charge is -2.33. The van der Waals surface area contributed by atoms with Crippen LogP contribution in [0.1, 0.15) is 140 Å². The van der Waals surface area contributed by atoms with Gasteiger partial charge in [-0.3, -0.25) is 38.4 Å². The predicted molar refractivity (Wildman–Crippen MR) is 313 cm³/mol. The molecule has 90 heavy (non-hydrogen) atoms. The molecule has 0 saturated carbocycles. The molecule has 12 N–H and O–H groups in total. The Morgan fingerprint density at radius 1 is 0.500 bits per heavy atom. The molecule has 4 saturated heterocycles. The summed E-state index contributed by atoms with van der Waals surface area (Å²) < 4.78 is 63.5. The number of aliphatic hydroxyl groups is 2. The van der Waals surface area contributed by atoms with E-state index in [1.807, 2.05) is 26.0 Å². The van der Waals surface area contributed by atoms with Crippen LogP contribution in [0.15, 0.2) is 60.7 Å². The normalized spacial score (nSPS) is 22.8. The number of amides is 8. The number of carbonyl (C=O) groups is 10. The number of hydrogen-bond donors (Lipinski definition) is 12. The van der Waals surface area contributed by atoms with E-state index in [1.165, 1.54) is 0 Å². The smallest absolute Gasteiger partial charge is 0.475 e. The summed E-state index contributed by atoms with van der Waals surface area (Å²) in [6, 6.07) is 10.7. The highest BCUT2D eigenvalue weighted by atomic mass is 19.4. The Morgan fingerprint density at radius 3 is 1.10 bits per heavy atom. The lowest BCUT2D eigenvalue weighted by molar-refractivity contribution is -0.193. The summed E-state index contributed by atoms with van der Waals surface area (Å²) in [5, 5.41) is 58.3. The lowest BCUT2D eigenvalue weighted by atomic mass is 9.93.